The van der Waals surface area contributed by atoms with Crippen molar-refractivity contribution in [1.82, 2.24) is 0 Å². The number of aliphatic carboxylic acids is 1. The number of carbonyl (C=O) groups excluding carboxylic acids is 1. The van der Waals surface area contributed by atoms with E-state index in [9.17, 15) is 14.7 Å². The van der Waals surface area contributed by atoms with Gasteiger partial charge in [-0.2, -0.15) is 0 Å². The van der Waals surface area contributed by atoms with Crippen LogP contribution in [0.15, 0.2) is 0 Å². The Kier molecular flexibility index (Phi) is 5.82. The summed E-state index contributed by atoms with van der Waals surface area (Å²) in [5.74, 6) is -2.15. The summed E-state index contributed by atoms with van der Waals surface area (Å²) >= 11 is 0. The van der Waals surface area contributed by atoms with Crippen LogP contribution in [-0.4, -0.2) is 23.7 Å². The summed E-state index contributed by atoms with van der Waals surface area (Å²) in [6.45, 7) is 15.2. The van der Waals surface area contributed by atoms with Crippen LogP contribution in [0.2, 0.25) is 0 Å². The van der Waals surface area contributed by atoms with Crippen molar-refractivity contribution in [3.63, 3.8) is 0 Å². The van der Waals surface area contributed by atoms with Crippen LogP contribution in [0.3, 0.4) is 0 Å². The monoisotopic (exact) mass is 286 g/mol. The molecule has 0 radical (unpaired) electrons. The van der Waals surface area contributed by atoms with Crippen molar-refractivity contribution in [2.24, 2.45) is 22.2 Å². The molecule has 0 amide bonds. The number of hydrogen-bond acceptors (Lipinski definition) is 3. The molecule has 0 spiro atoms. The van der Waals surface area contributed by atoms with E-state index < -0.39 is 34.1 Å². The lowest BCUT2D eigenvalue weighted by Crippen LogP contribution is -2.56. The van der Waals surface area contributed by atoms with Crippen LogP contribution in [-0.2, 0) is 14.3 Å². The van der Waals surface area contributed by atoms with Gasteiger partial charge in [0.1, 0.15) is 0 Å². The minimum atomic E-state index is -1.05. The Morgan fingerprint density at radius 1 is 1.05 bits per heavy atom. The maximum absolute atomic E-state index is 12.6. The highest BCUT2D eigenvalue weighted by molar-refractivity contribution is 5.86. The molecule has 0 bridgehead atoms. The topological polar surface area (TPSA) is 63.6 Å². The van der Waals surface area contributed by atoms with Gasteiger partial charge in [0.2, 0.25) is 0 Å². The molecule has 4 nitrogen and oxygen atoms in total. The largest absolute Gasteiger partial charge is 0.481 e. The van der Waals surface area contributed by atoms with Gasteiger partial charge in [0, 0.05) is 0 Å². The number of carboxylic acids is 1. The summed E-state index contributed by atoms with van der Waals surface area (Å²) in [4.78, 5) is 24.5. The summed E-state index contributed by atoms with van der Waals surface area (Å²) in [5.41, 5.74) is -2.10. The molecule has 1 N–H and O–H groups in total. The summed E-state index contributed by atoms with van der Waals surface area (Å²) in [6.07, 6.45) is 0.434. The van der Waals surface area contributed by atoms with Crippen molar-refractivity contribution in [3.05, 3.63) is 0 Å². The normalized spacial score (nSPS) is 17.2. The van der Waals surface area contributed by atoms with Crippen molar-refractivity contribution in [2.75, 3.05) is 6.61 Å². The summed E-state index contributed by atoms with van der Waals surface area (Å²) in [5, 5.41) is 9.75. The molecule has 0 saturated carbocycles. The second kappa shape index (κ2) is 6.15. The first kappa shape index (κ1) is 18.9. The summed E-state index contributed by atoms with van der Waals surface area (Å²) in [6, 6.07) is 0. The highest BCUT2D eigenvalue weighted by Crippen LogP contribution is 2.54. The maximum atomic E-state index is 12.6. The van der Waals surface area contributed by atoms with Gasteiger partial charge in [-0.1, -0.05) is 48.5 Å². The van der Waals surface area contributed by atoms with Crippen LogP contribution in [0.5, 0.6) is 0 Å². The lowest BCUT2D eigenvalue weighted by Gasteiger charge is -2.49. The van der Waals surface area contributed by atoms with Gasteiger partial charge in [-0.3, -0.25) is 9.59 Å². The lowest BCUT2D eigenvalue weighted by atomic mass is 9.52. The molecule has 0 aromatic rings. The molecule has 118 valence electrons. The first-order valence-corrected chi connectivity index (χ1v) is 7.26. The van der Waals surface area contributed by atoms with Gasteiger partial charge < -0.3 is 9.84 Å². The molecule has 0 aromatic heterocycles. The lowest BCUT2D eigenvalue weighted by molar-refractivity contribution is -0.185. The molecule has 0 aliphatic rings. The van der Waals surface area contributed by atoms with E-state index >= 15 is 0 Å². The van der Waals surface area contributed by atoms with Gasteiger partial charge in [0.25, 0.3) is 0 Å². The molecule has 20 heavy (non-hydrogen) atoms. The highest BCUT2D eigenvalue weighted by Gasteiger charge is 2.60. The third-order valence-electron chi connectivity index (χ3n) is 4.14. The summed E-state index contributed by atoms with van der Waals surface area (Å²) in [7, 11) is 0. The Hall–Kier alpha value is -1.06. The molecule has 0 saturated heterocycles. The van der Waals surface area contributed by atoms with Crippen molar-refractivity contribution < 1.29 is 19.4 Å². The molecule has 0 fully saturated rings. The first-order chi connectivity index (χ1) is 8.86. The smallest absolute Gasteiger partial charge is 0.313 e. The Morgan fingerprint density at radius 2 is 1.50 bits per heavy atom. The van der Waals surface area contributed by atoms with Gasteiger partial charge in [-0.15, -0.1) is 0 Å². The van der Waals surface area contributed by atoms with Gasteiger partial charge in [0.15, 0.2) is 0 Å². The second-order valence-electron chi connectivity index (χ2n) is 7.43. The number of rotatable bonds is 5. The fourth-order valence-electron chi connectivity index (χ4n) is 3.32. The third kappa shape index (κ3) is 3.33. The van der Waals surface area contributed by atoms with Gasteiger partial charge in [-0.05, 0) is 24.2 Å². The van der Waals surface area contributed by atoms with E-state index in [4.69, 9.17) is 4.74 Å². The molecule has 2 atom stereocenters. The van der Waals surface area contributed by atoms with E-state index in [1.54, 1.807) is 6.92 Å². The Morgan fingerprint density at radius 3 is 1.70 bits per heavy atom. The van der Waals surface area contributed by atoms with Crippen LogP contribution in [0.4, 0.5) is 0 Å². The molecule has 4 heteroatoms. The fraction of sp³-hybridized carbons (Fsp3) is 0.875. The predicted molar refractivity (Wildman–Crippen MR) is 79.4 cm³/mol. The number of carbonyl (C=O) groups is 2. The maximum Gasteiger partial charge on any atom is 0.313 e. The zero-order chi connectivity index (χ0) is 16.4. The number of ether oxygens (including phenoxy) is 1. The molecular weight excluding hydrogens is 256 g/mol. The molecule has 2 unspecified atom stereocenters. The first-order valence-electron chi connectivity index (χ1n) is 7.26. The third-order valence-corrected chi connectivity index (χ3v) is 4.14. The highest BCUT2D eigenvalue weighted by atomic mass is 16.5. The van der Waals surface area contributed by atoms with Crippen LogP contribution < -0.4 is 0 Å². The van der Waals surface area contributed by atoms with Crippen molar-refractivity contribution >= 4 is 11.9 Å². The SMILES string of the molecule is CCOC(=O)C(CC)(C(C(=O)O)C(C)(C)C)C(C)(C)C. The number of esters is 1. The predicted octanol–water partition coefficient (Wildman–Crippen LogP) is 3.74. The van der Waals surface area contributed by atoms with Crippen molar-refractivity contribution in [3.8, 4) is 0 Å². The Bertz CT molecular complexity index is 360. The summed E-state index contributed by atoms with van der Waals surface area (Å²) < 4.78 is 5.25. The molecule has 0 rings (SSSR count). The average Bonchev–Trinajstić information content (AvgIpc) is 2.21. The van der Waals surface area contributed by atoms with E-state index in [2.05, 4.69) is 0 Å². The molecule has 0 aromatic carbocycles. The van der Waals surface area contributed by atoms with E-state index in [0.29, 0.717) is 6.42 Å². The van der Waals surface area contributed by atoms with Crippen molar-refractivity contribution in [1.29, 1.82) is 0 Å². The number of carboxylic acid groups (broad SMARTS) is 1. The van der Waals surface area contributed by atoms with Crippen LogP contribution >= 0.6 is 0 Å². The second-order valence-corrected chi connectivity index (χ2v) is 7.43. The van der Waals surface area contributed by atoms with Crippen molar-refractivity contribution in [2.45, 2.75) is 61.8 Å². The van der Waals surface area contributed by atoms with Gasteiger partial charge >= 0.3 is 11.9 Å². The minimum Gasteiger partial charge on any atom is -0.481 e. The van der Waals surface area contributed by atoms with Gasteiger partial charge in [-0.25, -0.2) is 0 Å². The van der Waals surface area contributed by atoms with Crippen LogP contribution in [0, 0.1) is 22.2 Å². The minimum absolute atomic E-state index is 0.257. The van der Waals surface area contributed by atoms with E-state index in [-0.39, 0.29) is 6.61 Å². The zero-order valence-electron chi connectivity index (χ0n) is 14.2. The molecular formula is C16H30O4. The fourth-order valence-corrected chi connectivity index (χ4v) is 3.32. The van der Waals surface area contributed by atoms with E-state index in [1.165, 1.54) is 0 Å². The van der Waals surface area contributed by atoms with Crippen LogP contribution in [0.1, 0.15) is 61.8 Å². The van der Waals surface area contributed by atoms with E-state index in [0.717, 1.165) is 0 Å². The molecule has 0 heterocycles. The standard InChI is InChI=1S/C16H30O4/c1-9-16(15(6,7)8,13(19)20-10-2)11(12(17)18)14(3,4)5/h11H,9-10H2,1-8H3,(H,17,18). The van der Waals surface area contributed by atoms with Crippen LogP contribution in [0.25, 0.3) is 0 Å². The Labute approximate surface area is 122 Å². The van der Waals surface area contributed by atoms with E-state index in [1.807, 2.05) is 48.5 Å². The molecule has 0 aliphatic carbocycles. The average molecular weight is 286 g/mol. The Balaban J connectivity index is 6.22. The number of hydrogen-bond donors (Lipinski definition) is 1. The van der Waals surface area contributed by atoms with Gasteiger partial charge in [0.05, 0.1) is 17.9 Å². The molecule has 0 aliphatic heterocycles. The quantitative estimate of drug-likeness (QED) is 0.782. The zero-order valence-corrected chi connectivity index (χ0v) is 14.2.